The predicted molar refractivity (Wildman–Crippen MR) is 109 cm³/mol. The molecular weight excluding hydrogens is 436 g/mol. The number of hydrogen-bond donors (Lipinski definition) is 0. The monoisotopic (exact) mass is 466 g/mol. The van der Waals surface area contributed by atoms with Crippen LogP contribution in [0.4, 0.5) is 0 Å². The number of hydrogen-bond acceptors (Lipinski definition) is 2. The van der Waals surface area contributed by atoms with Crippen LogP contribution in [0.5, 0.6) is 0 Å². The van der Waals surface area contributed by atoms with Crippen LogP contribution in [-0.4, -0.2) is 25.5 Å². The van der Waals surface area contributed by atoms with Gasteiger partial charge in [0.1, 0.15) is 0 Å². The Bertz CT molecular complexity index is 286. The third kappa shape index (κ3) is 20.3. The highest BCUT2D eigenvalue weighted by molar-refractivity contribution is 9.25. The van der Waals surface area contributed by atoms with Crippen LogP contribution in [0.2, 0.25) is 6.04 Å². The molecule has 0 aliphatic rings. The molecule has 0 aromatic carbocycles. The lowest BCUT2D eigenvalue weighted by molar-refractivity contribution is -0.137. The molecule has 0 aliphatic carbocycles. The summed E-state index contributed by atoms with van der Waals surface area (Å²) in [7, 11) is 1.00. The molecular formula is C18H32Br2O2Si. The summed E-state index contributed by atoms with van der Waals surface area (Å²) in [5.74, 6) is -0.305. The summed E-state index contributed by atoms with van der Waals surface area (Å²) in [4.78, 5) is 10.8. The number of alkyl halides is 2. The Morgan fingerprint density at radius 2 is 1.30 bits per heavy atom. The van der Waals surface area contributed by atoms with Crippen molar-refractivity contribution in [3.63, 3.8) is 0 Å². The summed E-state index contributed by atoms with van der Waals surface area (Å²) in [6.45, 7) is 3.92. The molecule has 0 heterocycles. The summed E-state index contributed by atoms with van der Waals surface area (Å²) in [6, 6.07) is 1.36. The quantitative estimate of drug-likeness (QED) is 0.0792. The zero-order valence-electron chi connectivity index (χ0n) is 14.3. The van der Waals surface area contributed by atoms with E-state index in [9.17, 15) is 4.79 Å². The van der Waals surface area contributed by atoms with Crippen LogP contribution in [0.3, 0.4) is 0 Å². The van der Waals surface area contributed by atoms with Crippen molar-refractivity contribution in [2.24, 2.45) is 0 Å². The van der Waals surface area contributed by atoms with Crippen LogP contribution >= 0.6 is 31.9 Å². The van der Waals surface area contributed by atoms with Gasteiger partial charge in [-0.15, -0.1) is 0 Å². The average molecular weight is 468 g/mol. The van der Waals surface area contributed by atoms with E-state index in [1.165, 1.54) is 76.3 Å². The molecule has 0 aromatic rings. The molecule has 0 aliphatic heterocycles. The van der Waals surface area contributed by atoms with Crippen molar-refractivity contribution in [3.8, 4) is 0 Å². The summed E-state index contributed by atoms with van der Waals surface area (Å²) in [6.07, 6.45) is 17.1. The van der Waals surface area contributed by atoms with E-state index in [2.05, 4.69) is 38.4 Å². The van der Waals surface area contributed by atoms with Crippen molar-refractivity contribution >= 4 is 47.3 Å². The summed E-state index contributed by atoms with van der Waals surface area (Å²) in [5.41, 5.74) is 0. The average Bonchev–Trinajstić information content (AvgIpc) is 2.53. The highest BCUT2D eigenvalue weighted by Gasteiger charge is 1.99. The van der Waals surface area contributed by atoms with Gasteiger partial charge in [-0.05, 0) is 6.42 Å². The smallest absolute Gasteiger partial charge is 0.330 e. The van der Waals surface area contributed by atoms with E-state index in [0.29, 0.717) is 9.97 Å². The fourth-order valence-corrected chi connectivity index (χ4v) is 4.48. The highest BCUT2D eigenvalue weighted by atomic mass is 79.9. The molecule has 0 fully saturated rings. The van der Waals surface area contributed by atoms with Gasteiger partial charge in [0.05, 0.1) is 19.5 Å². The highest BCUT2D eigenvalue weighted by Crippen LogP contribution is 2.14. The van der Waals surface area contributed by atoms with Crippen LogP contribution < -0.4 is 0 Å². The molecule has 0 aromatic heterocycles. The zero-order valence-corrected chi connectivity index (χ0v) is 18.5. The Morgan fingerprint density at radius 3 is 1.74 bits per heavy atom. The molecule has 0 unspecified atom stereocenters. The molecule has 2 nitrogen and oxygen atoms in total. The first kappa shape index (κ1) is 23.4. The topological polar surface area (TPSA) is 26.3 Å². The molecule has 0 N–H and O–H groups in total. The lowest BCUT2D eigenvalue weighted by Crippen LogP contribution is -2.01. The van der Waals surface area contributed by atoms with Gasteiger partial charge in [0.25, 0.3) is 0 Å². The Morgan fingerprint density at radius 1 is 0.870 bits per heavy atom. The molecule has 0 bridgehead atoms. The third-order valence-corrected chi connectivity index (χ3v) is 6.67. The summed E-state index contributed by atoms with van der Waals surface area (Å²) < 4.78 is 5.47. The second-order valence-corrected chi connectivity index (χ2v) is 12.1. The van der Waals surface area contributed by atoms with Crippen molar-refractivity contribution in [2.45, 2.75) is 86.5 Å². The van der Waals surface area contributed by atoms with Crippen LogP contribution in [0.1, 0.15) is 77.0 Å². The van der Waals surface area contributed by atoms with Gasteiger partial charge in [-0.3, -0.25) is 0 Å². The van der Waals surface area contributed by atoms with Crippen LogP contribution in [-0.2, 0) is 9.53 Å². The van der Waals surface area contributed by atoms with E-state index in [0.717, 1.165) is 22.4 Å². The van der Waals surface area contributed by atoms with Crippen molar-refractivity contribution in [1.82, 2.24) is 0 Å². The number of halogens is 2. The van der Waals surface area contributed by atoms with Crippen molar-refractivity contribution in [1.29, 1.82) is 0 Å². The molecule has 0 amide bonds. The fourth-order valence-electron chi connectivity index (χ4n) is 2.44. The Labute approximate surface area is 162 Å². The van der Waals surface area contributed by atoms with Gasteiger partial charge < -0.3 is 4.74 Å². The Balaban J connectivity index is 3.02. The van der Waals surface area contributed by atoms with Gasteiger partial charge in [-0.1, -0.05) is 115 Å². The zero-order chi connectivity index (χ0) is 17.2. The normalized spacial score (nSPS) is 10.9. The summed E-state index contributed by atoms with van der Waals surface area (Å²) >= 11 is 7.06. The number of rotatable bonds is 17. The van der Waals surface area contributed by atoms with Crippen LogP contribution in [0.15, 0.2) is 12.7 Å². The molecule has 0 spiro atoms. The Kier molecular flexibility index (Phi) is 19.0. The van der Waals surface area contributed by atoms with Gasteiger partial charge in [0, 0.05) is 6.08 Å². The van der Waals surface area contributed by atoms with Gasteiger partial charge in [0.2, 0.25) is 0 Å². The molecule has 0 rings (SSSR count). The molecule has 0 saturated heterocycles. The molecule has 0 saturated carbocycles. The molecule has 23 heavy (non-hydrogen) atoms. The molecule has 0 atom stereocenters. The lowest BCUT2D eigenvalue weighted by Gasteiger charge is -2.04. The van der Waals surface area contributed by atoms with Crippen LogP contribution in [0, 0.1) is 0 Å². The first-order valence-corrected chi connectivity index (χ1v) is 12.1. The van der Waals surface area contributed by atoms with E-state index in [1.807, 2.05) is 0 Å². The molecule has 134 valence electrons. The third-order valence-electron chi connectivity index (χ3n) is 3.78. The minimum Gasteiger partial charge on any atom is -0.463 e. The maximum Gasteiger partial charge on any atom is 0.330 e. The lowest BCUT2D eigenvalue weighted by atomic mass is 10.1. The minimum atomic E-state index is -0.305. The standard InChI is InChI=1S/C18H32Br2O2Si/c1-2-17(21)22-15-13-11-9-7-5-3-4-6-8-10-12-14-16-23-18(19)20/h2,18H,1,3-16H2. The van der Waals surface area contributed by atoms with Crippen molar-refractivity contribution < 1.29 is 9.53 Å². The first-order chi connectivity index (χ1) is 11.2. The maximum absolute atomic E-state index is 10.8. The number of carbonyl (C=O) groups excluding carboxylic acids is 1. The number of ether oxygens (including phenoxy) is 1. The first-order valence-electron chi connectivity index (χ1n) is 8.97. The van der Waals surface area contributed by atoms with Crippen LogP contribution in [0.25, 0.3) is 0 Å². The van der Waals surface area contributed by atoms with Crippen molar-refractivity contribution in [2.75, 3.05) is 6.61 Å². The van der Waals surface area contributed by atoms with Gasteiger partial charge in [0.15, 0.2) is 0 Å². The number of esters is 1. The van der Waals surface area contributed by atoms with Gasteiger partial charge in [-0.25, -0.2) is 4.79 Å². The van der Waals surface area contributed by atoms with Crippen molar-refractivity contribution in [3.05, 3.63) is 12.7 Å². The second kappa shape index (κ2) is 18.7. The van der Waals surface area contributed by atoms with E-state index in [-0.39, 0.29) is 5.97 Å². The van der Waals surface area contributed by atoms with Gasteiger partial charge in [-0.2, -0.15) is 0 Å². The molecule has 2 radical (unpaired) electrons. The predicted octanol–water partition coefficient (Wildman–Crippen LogP) is 6.59. The van der Waals surface area contributed by atoms with E-state index in [1.54, 1.807) is 0 Å². The van der Waals surface area contributed by atoms with E-state index < -0.39 is 0 Å². The number of carbonyl (C=O) groups is 1. The summed E-state index contributed by atoms with van der Waals surface area (Å²) in [5, 5.41) is 0. The molecule has 5 heteroatoms. The SMILES string of the molecule is C=CC(=O)OCCCCCCCCCCCCCC[Si]C(Br)Br. The largest absolute Gasteiger partial charge is 0.463 e. The second-order valence-electron chi connectivity index (χ2n) is 5.87. The van der Waals surface area contributed by atoms with E-state index >= 15 is 0 Å². The Hall–Kier alpha value is 0.387. The number of unbranched alkanes of at least 4 members (excludes halogenated alkanes) is 11. The van der Waals surface area contributed by atoms with Gasteiger partial charge >= 0.3 is 5.97 Å². The van der Waals surface area contributed by atoms with E-state index in [4.69, 9.17) is 4.74 Å². The fraction of sp³-hybridized carbons (Fsp3) is 0.833. The minimum absolute atomic E-state index is 0.305. The maximum atomic E-state index is 10.8.